The van der Waals surface area contributed by atoms with Crippen molar-refractivity contribution >= 4 is 11.6 Å². The number of rotatable bonds is 1. The van der Waals surface area contributed by atoms with Gasteiger partial charge in [-0.3, -0.25) is 9.59 Å². The molecule has 3 fully saturated rings. The molecule has 2 nitrogen and oxygen atoms in total. The Morgan fingerprint density at radius 2 is 1.96 bits per heavy atom. The van der Waals surface area contributed by atoms with E-state index in [4.69, 9.17) is 0 Å². The first kappa shape index (κ1) is 15.6. The average molecular weight is 314 g/mol. The summed E-state index contributed by atoms with van der Waals surface area (Å²) in [7, 11) is 0. The first-order valence-electron chi connectivity index (χ1n) is 9.60. The standard InChI is InChI=1S/C21H30O2/c1-13(22)19-18(23)12-17-15-8-7-14-6-4-5-10-20(14,2)16(15)9-11-21(17,19)3/h7,15-17,19H,4-6,8-12H2,1-3H3/t15-,16+,17+,19+,20+,21+/m1/s1. The monoisotopic (exact) mass is 314 g/mol. The van der Waals surface area contributed by atoms with Crippen LogP contribution < -0.4 is 0 Å². The van der Waals surface area contributed by atoms with Gasteiger partial charge in [-0.1, -0.05) is 31.9 Å². The van der Waals surface area contributed by atoms with Crippen molar-refractivity contribution in [3.05, 3.63) is 11.6 Å². The van der Waals surface area contributed by atoms with E-state index in [1.165, 1.54) is 32.1 Å². The van der Waals surface area contributed by atoms with Crippen molar-refractivity contribution in [2.75, 3.05) is 0 Å². The van der Waals surface area contributed by atoms with E-state index in [1.807, 2.05) is 0 Å². The van der Waals surface area contributed by atoms with Gasteiger partial charge in [-0.15, -0.1) is 0 Å². The first-order valence-corrected chi connectivity index (χ1v) is 9.60. The highest BCUT2D eigenvalue weighted by Gasteiger charge is 2.61. The van der Waals surface area contributed by atoms with Crippen LogP contribution in [0, 0.1) is 34.5 Å². The topological polar surface area (TPSA) is 34.1 Å². The second-order valence-electron chi connectivity index (χ2n) is 9.23. The van der Waals surface area contributed by atoms with E-state index in [9.17, 15) is 9.59 Å². The second kappa shape index (κ2) is 5.04. The normalized spacial score (nSPS) is 49.0. The molecule has 6 atom stereocenters. The van der Waals surface area contributed by atoms with E-state index in [0.717, 1.165) is 18.8 Å². The molecule has 4 aliphatic rings. The first-order chi connectivity index (χ1) is 10.9. The maximum absolute atomic E-state index is 12.6. The maximum atomic E-state index is 12.6. The molecule has 0 unspecified atom stereocenters. The lowest BCUT2D eigenvalue weighted by atomic mass is 9.47. The van der Waals surface area contributed by atoms with Crippen LogP contribution >= 0.6 is 0 Å². The molecule has 0 spiro atoms. The molecule has 4 rings (SSSR count). The molecule has 0 bridgehead atoms. The van der Waals surface area contributed by atoms with Crippen LogP contribution in [0.25, 0.3) is 0 Å². The van der Waals surface area contributed by atoms with E-state index >= 15 is 0 Å². The molecule has 3 saturated carbocycles. The summed E-state index contributed by atoms with van der Waals surface area (Å²) in [6.45, 7) is 6.37. The lowest BCUT2D eigenvalue weighted by Crippen LogP contribution is -2.50. The number of carbonyl (C=O) groups is 2. The summed E-state index contributed by atoms with van der Waals surface area (Å²) in [6.07, 6.45) is 11.9. The van der Waals surface area contributed by atoms with E-state index < -0.39 is 0 Å². The number of fused-ring (bicyclic) bond motifs is 5. The summed E-state index contributed by atoms with van der Waals surface area (Å²) >= 11 is 0. The quantitative estimate of drug-likeness (QED) is 0.518. The number of Topliss-reactive ketones (excluding diaryl/α,β-unsaturated/α-hetero) is 2. The van der Waals surface area contributed by atoms with Crippen molar-refractivity contribution in [3.8, 4) is 0 Å². The lowest BCUT2D eigenvalue weighted by Gasteiger charge is -2.57. The Bertz CT molecular complexity index is 589. The molecule has 0 heterocycles. The second-order valence-corrected chi connectivity index (χ2v) is 9.23. The molecule has 0 aromatic carbocycles. The van der Waals surface area contributed by atoms with Gasteiger partial charge < -0.3 is 0 Å². The smallest absolute Gasteiger partial charge is 0.144 e. The van der Waals surface area contributed by atoms with E-state index in [-0.39, 0.29) is 22.9 Å². The number of hydrogen-bond donors (Lipinski definition) is 0. The largest absolute Gasteiger partial charge is 0.299 e. The summed E-state index contributed by atoms with van der Waals surface area (Å²) in [5, 5.41) is 0. The molecule has 23 heavy (non-hydrogen) atoms. The number of carbonyl (C=O) groups excluding carboxylic acids is 2. The summed E-state index contributed by atoms with van der Waals surface area (Å²) in [5.41, 5.74) is 2.02. The molecule has 0 radical (unpaired) electrons. The van der Waals surface area contributed by atoms with Crippen molar-refractivity contribution < 1.29 is 9.59 Å². The summed E-state index contributed by atoms with van der Waals surface area (Å²) < 4.78 is 0. The Hall–Kier alpha value is -0.920. The summed E-state index contributed by atoms with van der Waals surface area (Å²) in [6, 6.07) is 0. The fourth-order valence-electron chi connectivity index (χ4n) is 7.18. The molecule has 0 aromatic rings. The minimum absolute atomic E-state index is 0.0690. The molecule has 0 amide bonds. The zero-order chi connectivity index (χ0) is 16.4. The summed E-state index contributed by atoms with van der Waals surface area (Å²) in [5.74, 6) is 1.80. The van der Waals surface area contributed by atoms with Crippen LogP contribution in [0.15, 0.2) is 11.6 Å². The van der Waals surface area contributed by atoms with Crippen LogP contribution in [-0.4, -0.2) is 11.6 Å². The third-order valence-corrected chi connectivity index (χ3v) is 8.26. The van der Waals surface area contributed by atoms with Gasteiger partial charge in [-0.2, -0.15) is 0 Å². The van der Waals surface area contributed by atoms with Crippen LogP contribution in [0.5, 0.6) is 0 Å². The van der Waals surface area contributed by atoms with Gasteiger partial charge in [-0.05, 0) is 74.0 Å². The van der Waals surface area contributed by atoms with Crippen molar-refractivity contribution in [3.63, 3.8) is 0 Å². The zero-order valence-electron chi connectivity index (χ0n) is 14.9. The average Bonchev–Trinajstić information content (AvgIpc) is 2.77. The molecular weight excluding hydrogens is 284 g/mol. The number of hydrogen-bond acceptors (Lipinski definition) is 2. The Labute approximate surface area is 140 Å². The zero-order valence-corrected chi connectivity index (χ0v) is 14.9. The molecule has 0 N–H and O–H groups in total. The van der Waals surface area contributed by atoms with Crippen molar-refractivity contribution in [2.24, 2.45) is 34.5 Å². The van der Waals surface area contributed by atoms with Crippen molar-refractivity contribution in [2.45, 2.75) is 72.1 Å². The SMILES string of the molecule is CC(=O)[C@H]1C(=O)C[C@H]2[C@@H]3CC=C4CCCC[C@]4(C)[C@H]3CC[C@]12C. The third kappa shape index (κ3) is 1.99. The van der Waals surface area contributed by atoms with Crippen LogP contribution in [0.4, 0.5) is 0 Å². The molecule has 126 valence electrons. The molecular formula is C21H30O2. The fraction of sp³-hybridized carbons (Fsp3) is 0.810. The Balaban J connectivity index is 1.71. The van der Waals surface area contributed by atoms with Crippen LogP contribution in [0.2, 0.25) is 0 Å². The molecule has 2 heteroatoms. The highest BCUT2D eigenvalue weighted by atomic mass is 16.2. The van der Waals surface area contributed by atoms with Gasteiger partial charge in [0.05, 0.1) is 5.92 Å². The maximum Gasteiger partial charge on any atom is 0.144 e. The minimum atomic E-state index is -0.321. The van der Waals surface area contributed by atoms with Crippen LogP contribution in [-0.2, 0) is 9.59 Å². The predicted molar refractivity (Wildman–Crippen MR) is 90.9 cm³/mol. The third-order valence-electron chi connectivity index (χ3n) is 8.26. The van der Waals surface area contributed by atoms with Gasteiger partial charge in [0, 0.05) is 6.42 Å². The Morgan fingerprint density at radius 3 is 2.70 bits per heavy atom. The fourth-order valence-corrected chi connectivity index (χ4v) is 7.18. The van der Waals surface area contributed by atoms with Gasteiger partial charge in [-0.25, -0.2) is 0 Å². The van der Waals surface area contributed by atoms with E-state index in [1.54, 1.807) is 12.5 Å². The molecule has 0 saturated heterocycles. The van der Waals surface area contributed by atoms with Crippen molar-refractivity contribution in [1.82, 2.24) is 0 Å². The van der Waals surface area contributed by atoms with Gasteiger partial charge >= 0.3 is 0 Å². The van der Waals surface area contributed by atoms with E-state index in [0.29, 0.717) is 23.7 Å². The molecule has 0 aliphatic heterocycles. The lowest BCUT2D eigenvalue weighted by molar-refractivity contribution is -0.134. The Kier molecular flexibility index (Phi) is 3.42. The predicted octanol–water partition coefficient (Wildman–Crippen LogP) is 4.72. The van der Waals surface area contributed by atoms with Crippen LogP contribution in [0.3, 0.4) is 0 Å². The molecule has 4 aliphatic carbocycles. The highest BCUT2D eigenvalue weighted by Crippen LogP contribution is 2.65. The van der Waals surface area contributed by atoms with Gasteiger partial charge in [0.25, 0.3) is 0 Å². The van der Waals surface area contributed by atoms with Gasteiger partial charge in [0.2, 0.25) is 0 Å². The van der Waals surface area contributed by atoms with E-state index in [2.05, 4.69) is 19.9 Å². The summed E-state index contributed by atoms with van der Waals surface area (Å²) in [4.78, 5) is 24.7. The number of ketones is 2. The molecule has 0 aromatic heterocycles. The van der Waals surface area contributed by atoms with Gasteiger partial charge in [0.15, 0.2) is 0 Å². The van der Waals surface area contributed by atoms with Crippen molar-refractivity contribution in [1.29, 1.82) is 0 Å². The highest BCUT2D eigenvalue weighted by molar-refractivity contribution is 6.04. The Morgan fingerprint density at radius 1 is 1.17 bits per heavy atom. The van der Waals surface area contributed by atoms with Gasteiger partial charge in [0.1, 0.15) is 11.6 Å². The number of allylic oxidation sites excluding steroid dienone is 2. The minimum Gasteiger partial charge on any atom is -0.299 e. The van der Waals surface area contributed by atoms with Crippen LogP contribution in [0.1, 0.15) is 72.1 Å².